The van der Waals surface area contributed by atoms with Crippen molar-refractivity contribution in [3.05, 3.63) is 45.7 Å². The van der Waals surface area contributed by atoms with Crippen LogP contribution in [0.15, 0.2) is 29.2 Å². The van der Waals surface area contributed by atoms with Gasteiger partial charge in [0.2, 0.25) is 10.0 Å². The number of benzene rings is 1. The summed E-state index contributed by atoms with van der Waals surface area (Å²) >= 11 is 12.0. The van der Waals surface area contributed by atoms with E-state index >= 15 is 0 Å². The Bertz CT molecular complexity index is 967. The van der Waals surface area contributed by atoms with E-state index in [1.165, 1.54) is 22.5 Å². The van der Waals surface area contributed by atoms with Gasteiger partial charge in [0.1, 0.15) is 10.6 Å². The molecule has 7 nitrogen and oxygen atoms in total. The summed E-state index contributed by atoms with van der Waals surface area (Å²) in [6.45, 7) is 5.11. The molecule has 152 valence electrons. The van der Waals surface area contributed by atoms with Gasteiger partial charge < -0.3 is 4.90 Å². The van der Waals surface area contributed by atoms with Crippen LogP contribution in [0.3, 0.4) is 0 Å². The highest BCUT2D eigenvalue weighted by Gasteiger charge is 2.32. The van der Waals surface area contributed by atoms with Gasteiger partial charge in [0.25, 0.3) is 5.91 Å². The molecule has 1 N–H and O–H groups in total. The molecular weight excluding hydrogens is 423 g/mol. The number of halogens is 2. The number of H-pyrrole nitrogens is 1. The van der Waals surface area contributed by atoms with Crippen LogP contribution in [-0.2, 0) is 16.4 Å². The Morgan fingerprint density at radius 2 is 1.86 bits per heavy atom. The maximum absolute atomic E-state index is 12.9. The lowest BCUT2D eigenvalue weighted by Crippen LogP contribution is -2.50. The van der Waals surface area contributed by atoms with Crippen molar-refractivity contribution in [1.82, 2.24) is 19.4 Å². The number of carbonyl (C=O) groups excluding carboxylic acids is 1. The molecule has 1 amide bonds. The molecule has 0 spiro atoms. The van der Waals surface area contributed by atoms with Gasteiger partial charge in [-0.2, -0.15) is 9.40 Å². The smallest absolute Gasteiger partial charge is 0.274 e. The summed E-state index contributed by atoms with van der Waals surface area (Å²) in [5.74, 6) is 0.250. The number of aromatic nitrogens is 2. The molecule has 10 heteroatoms. The van der Waals surface area contributed by atoms with Crippen molar-refractivity contribution in [3.63, 3.8) is 0 Å². The Morgan fingerprint density at radius 3 is 2.50 bits per heavy atom. The quantitative estimate of drug-likeness (QED) is 0.767. The molecule has 28 heavy (non-hydrogen) atoms. The van der Waals surface area contributed by atoms with E-state index in [0.29, 0.717) is 16.6 Å². The molecular formula is C18H22Cl2N4O3S. The minimum atomic E-state index is -3.78. The molecule has 1 aliphatic heterocycles. The van der Waals surface area contributed by atoms with E-state index in [1.54, 1.807) is 11.0 Å². The molecule has 0 aliphatic carbocycles. The molecule has 0 unspecified atom stereocenters. The largest absolute Gasteiger partial charge is 0.335 e. The summed E-state index contributed by atoms with van der Waals surface area (Å²) in [7, 11) is -3.78. The molecule has 1 aromatic carbocycles. The molecule has 1 fully saturated rings. The number of hydrogen-bond acceptors (Lipinski definition) is 4. The third kappa shape index (κ3) is 4.51. The van der Waals surface area contributed by atoms with Crippen molar-refractivity contribution in [2.24, 2.45) is 5.92 Å². The fourth-order valence-electron chi connectivity index (χ4n) is 3.12. The SMILES string of the molecule is CC(C)Cc1cc(C(=O)N2CCN(S(=O)(=O)c3cc(Cl)ccc3Cl)CC2)n[nH]1. The molecule has 0 radical (unpaired) electrons. The number of hydrogen-bond donors (Lipinski definition) is 1. The first-order chi connectivity index (χ1) is 13.2. The Morgan fingerprint density at radius 1 is 1.18 bits per heavy atom. The first-order valence-electron chi connectivity index (χ1n) is 8.97. The van der Waals surface area contributed by atoms with Gasteiger partial charge in [-0.1, -0.05) is 37.0 Å². The van der Waals surface area contributed by atoms with Gasteiger partial charge in [0.15, 0.2) is 0 Å². The summed E-state index contributed by atoms with van der Waals surface area (Å²) < 4.78 is 27.1. The molecule has 0 atom stereocenters. The van der Waals surface area contributed by atoms with Crippen molar-refractivity contribution < 1.29 is 13.2 Å². The zero-order chi connectivity index (χ0) is 20.5. The van der Waals surface area contributed by atoms with Gasteiger partial charge in [-0.15, -0.1) is 0 Å². The van der Waals surface area contributed by atoms with Crippen molar-refractivity contribution >= 4 is 39.1 Å². The first kappa shape index (κ1) is 21.1. The summed E-state index contributed by atoms with van der Waals surface area (Å²) in [5.41, 5.74) is 1.26. The molecule has 2 aromatic rings. The number of nitrogens with zero attached hydrogens (tertiary/aromatic N) is 3. The predicted molar refractivity (Wildman–Crippen MR) is 108 cm³/mol. The van der Waals surface area contributed by atoms with Gasteiger partial charge >= 0.3 is 0 Å². The lowest BCUT2D eigenvalue weighted by atomic mass is 10.1. The summed E-state index contributed by atoms with van der Waals surface area (Å²) in [4.78, 5) is 14.3. The van der Waals surface area contributed by atoms with Crippen LogP contribution in [0, 0.1) is 5.92 Å². The van der Waals surface area contributed by atoms with E-state index in [2.05, 4.69) is 24.0 Å². The second kappa shape index (κ2) is 8.41. The number of amides is 1. The Balaban J connectivity index is 1.67. The van der Waals surface area contributed by atoms with Crippen molar-refractivity contribution in [3.8, 4) is 0 Å². The normalized spacial score (nSPS) is 16.0. The maximum Gasteiger partial charge on any atom is 0.274 e. The van der Waals surface area contributed by atoms with Crippen LogP contribution in [0.4, 0.5) is 0 Å². The minimum Gasteiger partial charge on any atom is -0.335 e. The highest BCUT2D eigenvalue weighted by molar-refractivity contribution is 7.89. The van der Waals surface area contributed by atoms with E-state index in [-0.39, 0.29) is 42.0 Å². The number of sulfonamides is 1. The van der Waals surface area contributed by atoms with Gasteiger partial charge in [0.05, 0.1) is 5.02 Å². The third-order valence-corrected chi connectivity index (χ3v) is 7.13. The third-order valence-electron chi connectivity index (χ3n) is 4.52. The van der Waals surface area contributed by atoms with Crippen LogP contribution in [0.1, 0.15) is 30.0 Å². The minimum absolute atomic E-state index is 0.0212. The van der Waals surface area contributed by atoms with Crippen LogP contribution in [0.25, 0.3) is 0 Å². The van der Waals surface area contributed by atoms with Gasteiger partial charge in [-0.05, 0) is 36.6 Å². The molecule has 1 saturated heterocycles. The van der Waals surface area contributed by atoms with Crippen LogP contribution in [-0.4, -0.2) is 59.9 Å². The van der Waals surface area contributed by atoms with E-state index in [1.807, 2.05) is 0 Å². The topological polar surface area (TPSA) is 86.4 Å². The lowest BCUT2D eigenvalue weighted by Gasteiger charge is -2.33. The Kier molecular flexibility index (Phi) is 6.34. The highest BCUT2D eigenvalue weighted by Crippen LogP contribution is 2.28. The molecule has 2 heterocycles. The monoisotopic (exact) mass is 444 g/mol. The first-order valence-corrected chi connectivity index (χ1v) is 11.2. The average molecular weight is 445 g/mol. The maximum atomic E-state index is 12.9. The van der Waals surface area contributed by atoms with Crippen LogP contribution in [0.5, 0.6) is 0 Å². The number of nitrogens with one attached hydrogen (secondary N) is 1. The van der Waals surface area contributed by atoms with Gasteiger partial charge in [0, 0.05) is 36.9 Å². The van der Waals surface area contributed by atoms with Crippen molar-refractivity contribution in [1.29, 1.82) is 0 Å². The number of carbonyl (C=O) groups is 1. The lowest BCUT2D eigenvalue weighted by molar-refractivity contribution is 0.0692. The van der Waals surface area contributed by atoms with Crippen molar-refractivity contribution in [2.45, 2.75) is 25.2 Å². The number of rotatable bonds is 5. The molecule has 1 aromatic heterocycles. The summed E-state index contributed by atoms with van der Waals surface area (Å²) in [5, 5.41) is 7.41. The van der Waals surface area contributed by atoms with E-state index in [0.717, 1.165) is 12.1 Å². The van der Waals surface area contributed by atoms with Crippen LogP contribution >= 0.6 is 23.2 Å². The van der Waals surface area contributed by atoms with E-state index in [9.17, 15) is 13.2 Å². The predicted octanol–water partition coefficient (Wildman–Crippen LogP) is 3.06. The number of piperazine rings is 1. The van der Waals surface area contributed by atoms with Crippen LogP contribution in [0.2, 0.25) is 10.0 Å². The zero-order valence-electron chi connectivity index (χ0n) is 15.7. The average Bonchev–Trinajstić information content (AvgIpc) is 3.10. The fourth-order valence-corrected chi connectivity index (χ4v) is 5.28. The van der Waals surface area contributed by atoms with Gasteiger partial charge in [-0.3, -0.25) is 9.89 Å². The second-order valence-corrected chi connectivity index (χ2v) is 9.90. The Labute approximate surface area is 174 Å². The fraction of sp³-hybridized carbons (Fsp3) is 0.444. The zero-order valence-corrected chi connectivity index (χ0v) is 18.0. The van der Waals surface area contributed by atoms with Crippen molar-refractivity contribution in [2.75, 3.05) is 26.2 Å². The van der Waals surface area contributed by atoms with E-state index < -0.39 is 10.0 Å². The standard InChI is InChI=1S/C18H22Cl2N4O3S/c1-12(2)9-14-11-16(22-21-14)18(25)23-5-7-24(8-6-23)28(26,27)17-10-13(19)3-4-15(17)20/h3-4,10-12H,5-9H2,1-2H3,(H,21,22). The summed E-state index contributed by atoms with van der Waals surface area (Å²) in [6.07, 6.45) is 0.812. The second-order valence-electron chi connectivity index (χ2n) is 7.15. The molecule has 3 rings (SSSR count). The molecule has 0 bridgehead atoms. The van der Waals surface area contributed by atoms with Crippen LogP contribution < -0.4 is 0 Å². The van der Waals surface area contributed by atoms with Gasteiger partial charge in [-0.25, -0.2) is 8.42 Å². The summed E-state index contributed by atoms with van der Waals surface area (Å²) in [6, 6.07) is 6.10. The molecule has 1 aliphatic rings. The molecule has 0 saturated carbocycles. The van der Waals surface area contributed by atoms with E-state index in [4.69, 9.17) is 23.2 Å². The Hall–Kier alpha value is -1.61. The number of aromatic amines is 1. The highest BCUT2D eigenvalue weighted by atomic mass is 35.5.